The van der Waals surface area contributed by atoms with E-state index in [-0.39, 0.29) is 28.4 Å². The molecule has 8 nitrogen and oxygen atoms in total. The molecule has 1 aromatic heterocycles. The molecule has 0 saturated heterocycles. The first-order chi connectivity index (χ1) is 10.6. The second-order valence-corrected chi connectivity index (χ2v) is 8.41. The lowest BCUT2D eigenvalue weighted by molar-refractivity contribution is 0.0197. The number of ether oxygens (including phenoxy) is 2. The molecule has 0 saturated carbocycles. The summed E-state index contributed by atoms with van der Waals surface area (Å²) in [6.45, 7) is 6.97. The molecule has 1 N–H and O–H groups in total. The molecule has 0 fully saturated rings. The van der Waals surface area contributed by atoms with E-state index < -0.39 is 21.7 Å². The van der Waals surface area contributed by atoms with Gasteiger partial charge in [-0.1, -0.05) is 0 Å². The molecule has 2 rings (SSSR count). The van der Waals surface area contributed by atoms with E-state index in [1.54, 1.807) is 33.1 Å². The van der Waals surface area contributed by atoms with Crippen LogP contribution in [0.15, 0.2) is 21.5 Å². The number of thiophene rings is 1. The SMILES string of the molecule is CC1CON=C(c2sccc2S(=O)(=O)NC(=O)OC(C)(C)C)O1. The molecule has 2 heterocycles. The third kappa shape index (κ3) is 4.58. The van der Waals surface area contributed by atoms with Crippen LogP contribution in [0.2, 0.25) is 0 Å². The second kappa shape index (κ2) is 6.36. The predicted molar refractivity (Wildman–Crippen MR) is 83.9 cm³/mol. The van der Waals surface area contributed by atoms with Gasteiger partial charge in [0.2, 0.25) is 0 Å². The van der Waals surface area contributed by atoms with Gasteiger partial charge in [-0.05, 0) is 44.3 Å². The molecule has 1 atom stereocenters. The highest BCUT2D eigenvalue weighted by Crippen LogP contribution is 2.25. The molecule has 0 spiro atoms. The molecular weight excluding hydrogens is 344 g/mol. The first-order valence-electron chi connectivity index (χ1n) is 6.79. The Kier molecular flexibility index (Phi) is 4.85. The first kappa shape index (κ1) is 17.5. The largest absolute Gasteiger partial charge is 0.468 e. The van der Waals surface area contributed by atoms with E-state index in [1.165, 1.54) is 6.07 Å². The van der Waals surface area contributed by atoms with Gasteiger partial charge in [0.05, 0.1) is 0 Å². The second-order valence-electron chi connectivity index (χ2n) is 5.84. The maximum atomic E-state index is 12.4. The summed E-state index contributed by atoms with van der Waals surface area (Å²) in [6, 6.07) is 1.36. The van der Waals surface area contributed by atoms with Gasteiger partial charge in [-0.3, -0.25) is 0 Å². The number of carbonyl (C=O) groups excluding carboxylic acids is 1. The minimum absolute atomic E-state index is 0.0725. The Bertz CT molecular complexity index is 717. The monoisotopic (exact) mass is 362 g/mol. The maximum absolute atomic E-state index is 12.4. The number of amides is 1. The van der Waals surface area contributed by atoms with E-state index in [2.05, 4.69) is 5.16 Å². The van der Waals surface area contributed by atoms with Crippen LogP contribution in [0.5, 0.6) is 0 Å². The molecule has 10 heteroatoms. The minimum atomic E-state index is -4.12. The van der Waals surface area contributed by atoms with Gasteiger partial charge in [0.1, 0.15) is 21.5 Å². The lowest BCUT2D eigenvalue weighted by Gasteiger charge is -2.21. The Morgan fingerprint density at radius 3 is 2.78 bits per heavy atom. The standard InChI is InChI=1S/C13H18N2O6S2/c1-8-7-19-14-11(20-8)10-9(5-6-22-10)23(17,18)15-12(16)21-13(2,3)4/h5-6,8H,7H2,1-4H3,(H,15,16). The highest BCUT2D eigenvalue weighted by atomic mass is 32.2. The van der Waals surface area contributed by atoms with Gasteiger partial charge in [0.15, 0.2) is 6.61 Å². The van der Waals surface area contributed by atoms with E-state index in [0.29, 0.717) is 0 Å². The molecule has 0 aliphatic carbocycles. The number of sulfonamides is 1. The molecule has 128 valence electrons. The average Bonchev–Trinajstić information content (AvgIpc) is 2.85. The topological polar surface area (TPSA) is 103 Å². The molecule has 0 radical (unpaired) electrons. The molecule has 23 heavy (non-hydrogen) atoms. The van der Waals surface area contributed by atoms with Crippen LogP contribution < -0.4 is 4.72 Å². The summed E-state index contributed by atoms with van der Waals surface area (Å²) in [6.07, 6.45) is -1.30. The van der Waals surface area contributed by atoms with Gasteiger partial charge >= 0.3 is 6.09 Å². The van der Waals surface area contributed by atoms with Crippen LogP contribution in [0, 0.1) is 0 Å². The lowest BCUT2D eigenvalue weighted by atomic mass is 10.2. The van der Waals surface area contributed by atoms with E-state index >= 15 is 0 Å². The van der Waals surface area contributed by atoms with E-state index in [0.717, 1.165) is 11.3 Å². The number of carbonyl (C=O) groups is 1. The molecule has 1 amide bonds. The smallest absolute Gasteiger partial charge is 0.421 e. The molecule has 0 bridgehead atoms. The number of rotatable bonds is 3. The van der Waals surface area contributed by atoms with Crippen molar-refractivity contribution in [3.8, 4) is 0 Å². The number of hydrogen-bond donors (Lipinski definition) is 1. The number of oxime groups is 1. The zero-order valence-corrected chi connectivity index (χ0v) is 14.8. The molecular formula is C13H18N2O6S2. The van der Waals surface area contributed by atoms with Crippen molar-refractivity contribution in [3.05, 3.63) is 16.3 Å². The van der Waals surface area contributed by atoms with Crippen molar-refractivity contribution in [2.75, 3.05) is 6.61 Å². The fraction of sp³-hybridized carbons (Fsp3) is 0.538. The van der Waals surface area contributed by atoms with Crippen molar-refractivity contribution in [2.45, 2.75) is 44.3 Å². The molecule has 1 aliphatic heterocycles. The Labute approximate surface area is 138 Å². The van der Waals surface area contributed by atoms with Crippen LogP contribution in [0.25, 0.3) is 0 Å². The molecule has 1 aromatic rings. The third-order valence-electron chi connectivity index (χ3n) is 2.50. The Balaban J connectivity index is 2.23. The Morgan fingerprint density at radius 1 is 1.48 bits per heavy atom. The van der Waals surface area contributed by atoms with E-state index in [1.807, 2.05) is 4.72 Å². The Morgan fingerprint density at radius 2 is 2.17 bits per heavy atom. The van der Waals surface area contributed by atoms with Crippen LogP contribution in [-0.2, 0) is 24.3 Å². The fourth-order valence-corrected chi connectivity index (χ4v) is 3.89. The Hall–Kier alpha value is -1.81. The first-order valence-corrected chi connectivity index (χ1v) is 9.15. The zero-order valence-electron chi connectivity index (χ0n) is 13.2. The van der Waals surface area contributed by atoms with Crippen molar-refractivity contribution < 1.29 is 27.5 Å². The molecule has 1 aliphatic rings. The zero-order chi connectivity index (χ0) is 17.3. The van der Waals surface area contributed by atoms with Crippen LogP contribution >= 0.6 is 11.3 Å². The summed E-state index contributed by atoms with van der Waals surface area (Å²) in [5.41, 5.74) is -0.809. The van der Waals surface area contributed by atoms with Gasteiger partial charge in [-0.2, -0.15) is 0 Å². The molecule has 1 unspecified atom stereocenters. The highest BCUT2D eigenvalue weighted by Gasteiger charge is 2.29. The summed E-state index contributed by atoms with van der Waals surface area (Å²) in [7, 11) is -4.12. The van der Waals surface area contributed by atoms with E-state index in [4.69, 9.17) is 14.3 Å². The van der Waals surface area contributed by atoms with Crippen molar-refractivity contribution in [2.24, 2.45) is 5.16 Å². The van der Waals surface area contributed by atoms with Gasteiger partial charge < -0.3 is 14.3 Å². The summed E-state index contributed by atoms with van der Waals surface area (Å²) in [5.74, 6) is 0.0725. The van der Waals surface area contributed by atoms with E-state index in [9.17, 15) is 13.2 Å². The van der Waals surface area contributed by atoms with Gasteiger partial charge in [0.25, 0.3) is 15.9 Å². The fourth-order valence-electron chi connectivity index (χ4n) is 1.67. The van der Waals surface area contributed by atoms with Crippen molar-refractivity contribution >= 4 is 33.4 Å². The van der Waals surface area contributed by atoms with Gasteiger partial charge in [0, 0.05) is 0 Å². The van der Waals surface area contributed by atoms with Gasteiger partial charge in [-0.25, -0.2) is 17.9 Å². The lowest BCUT2D eigenvalue weighted by Crippen LogP contribution is -2.36. The predicted octanol–water partition coefficient (Wildman–Crippen LogP) is 2.06. The summed E-state index contributed by atoms with van der Waals surface area (Å²) in [5, 5.41) is 5.29. The average molecular weight is 362 g/mol. The summed E-state index contributed by atoms with van der Waals surface area (Å²) in [4.78, 5) is 16.8. The normalized spacial score (nSPS) is 18.4. The number of nitrogens with one attached hydrogen (secondary N) is 1. The summed E-state index contributed by atoms with van der Waals surface area (Å²) < 4.78 is 37.1. The third-order valence-corrected chi connectivity index (χ3v) is 4.89. The van der Waals surface area contributed by atoms with Crippen LogP contribution in [0.4, 0.5) is 4.79 Å². The quantitative estimate of drug-likeness (QED) is 0.883. The molecule has 0 aromatic carbocycles. The van der Waals surface area contributed by atoms with Gasteiger partial charge in [-0.15, -0.1) is 11.3 Å². The number of nitrogens with zero attached hydrogens (tertiary/aromatic N) is 1. The van der Waals surface area contributed by atoms with Crippen LogP contribution in [0.3, 0.4) is 0 Å². The van der Waals surface area contributed by atoms with Crippen LogP contribution in [0.1, 0.15) is 32.6 Å². The summed E-state index contributed by atoms with van der Waals surface area (Å²) >= 11 is 1.12. The number of hydrogen-bond acceptors (Lipinski definition) is 8. The van der Waals surface area contributed by atoms with Crippen molar-refractivity contribution in [3.63, 3.8) is 0 Å². The van der Waals surface area contributed by atoms with Crippen LogP contribution in [-0.4, -0.2) is 38.7 Å². The van der Waals surface area contributed by atoms with Crippen molar-refractivity contribution in [1.82, 2.24) is 4.72 Å². The maximum Gasteiger partial charge on any atom is 0.421 e. The minimum Gasteiger partial charge on any atom is -0.468 e. The highest BCUT2D eigenvalue weighted by molar-refractivity contribution is 7.90. The van der Waals surface area contributed by atoms with Crippen molar-refractivity contribution in [1.29, 1.82) is 0 Å².